The minimum absolute atomic E-state index is 0.517. The molecule has 0 fully saturated rings. The van der Waals surface area contributed by atoms with E-state index in [-0.39, 0.29) is 0 Å². The van der Waals surface area contributed by atoms with Crippen molar-refractivity contribution in [3.63, 3.8) is 0 Å². The third-order valence-corrected chi connectivity index (χ3v) is 12.0. The van der Waals surface area contributed by atoms with Gasteiger partial charge in [0, 0.05) is 49.0 Å². The average molecular weight is 782 g/mol. The summed E-state index contributed by atoms with van der Waals surface area (Å²) in [4.78, 5) is 15.7. The van der Waals surface area contributed by atoms with Crippen LogP contribution in [0, 0.1) is 0 Å². The predicted molar refractivity (Wildman–Crippen MR) is 246 cm³/mol. The fraction of sp³-hybridized carbons (Fsp3) is 0. The molecule has 0 amide bonds. The maximum atomic E-state index is 6.87. The summed E-state index contributed by atoms with van der Waals surface area (Å²) in [6.07, 6.45) is 0. The van der Waals surface area contributed by atoms with Crippen molar-refractivity contribution in [2.24, 2.45) is 0 Å². The van der Waals surface area contributed by atoms with Gasteiger partial charge in [0.1, 0.15) is 33.5 Å². The van der Waals surface area contributed by atoms with Crippen LogP contribution in [0.4, 0.5) is 0 Å². The summed E-state index contributed by atoms with van der Waals surface area (Å²) >= 11 is 0. The number of benzene rings is 9. The normalized spacial score (nSPS) is 11.9. The zero-order chi connectivity index (χ0) is 40.0. The van der Waals surface area contributed by atoms with Crippen molar-refractivity contribution in [2.45, 2.75) is 0 Å². The Hall–Kier alpha value is -8.35. The van der Waals surface area contributed by atoms with Gasteiger partial charge in [0.25, 0.3) is 0 Å². The lowest BCUT2D eigenvalue weighted by Gasteiger charge is -2.12. The molecule has 4 aromatic heterocycles. The van der Waals surface area contributed by atoms with Crippen molar-refractivity contribution in [2.75, 3.05) is 0 Å². The maximum Gasteiger partial charge on any atom is 0.167 e. The SMILES string of the molecule is c1ccc(-c2ccc(-c3nc(-c4cccc5c4oc4ccccc45)nc(-c4ccc(-c5cccc6oc7cc8ccccc8cc7c56)c5oc6ccccc6c45)n3)cc2)cc1. The van der Waals surface area contributed by atoms with Crippen molar-refractivity contribution < 1.29 is 13.3 Å². The van der Waals surface area contributed by atoms with Crippen LogP contribution in [0.25, 0.3) is 133 Å². The molecule has 9 aromatic carbocycles. The molecule has 0 unspecified atom stereocenters. The molecule has 0 aliphatic carbocycles. The van der Waals surface area contributed by atoms with E-state index in [0.29, 0.717) is 17.5 Å². The molecule has 0 N–H and O–H groups in total. The van der Waals surface area contributed by atoms with E-state index in [4.69, 9.17) is 28.2 Å². The van der Waals surface area contributed by atoms with Crippen LogP contribution in [0.3, 0.4) is 0 Å². The summed E-state index contributed by atoms with van der Waals surface area (Å²) in [5.74, 6) is 1.60. The molecule has 0 spiro atoms. The van der Waals surface area contributed by atoms with Gasteiger partial charge >= 0.3 is 0 Å². The van der Waals surface area contributed by atoms with Crippen LogP contribution in [0.2, 0.25) is 0 Å². The first-order valence-electron chi connectivity index (χ1n) is 20.3. The first-order chi connectivity index (χ1) is 30.2. The monoisotopic (exact) mass is 781 g/mol. The van der Waals surface area contributed by atoms with Gasteiger partial charge in [0.15, 0.2) is 17.5 Å². The van der Waals surface area contributed by atoms with Gasteiger partial charge in [-0.25, -0.2) is 15.0 Å². The highest BCUT2D eigenvalue weighted by Gasteiger charge is 2.24. The van der Waals surface area contributed by atoms with E-state index in [1.807, 2.05) is 60.7 Å². The zero-order valence-corrected chi connectivity index (χ0v) is 32.5. The van der Waals surface area contributed by atoms with Gasteiger partial charge in [-0.05, 0) is 76.0 Å². The molecule has 0 saturated heterocycles. The van der Waals surface area contributed by atoms with Crippen molar-refractivity contribution >= 4 is 76.6 Å². The van der Waals surface area contributed by atoms with E-state index in [9.17, 15) is 0 Å². The lowest BCUT2D eigenvalue weighted by Crippen LogP contribution is -2.01. The summed E-state index contributed by atoms with van der Waals surface area (Å²) in [7, 11) is 0. The van der Waals surface area contributed by atoms with Crippen LogP contribution >= 0.6 is 0 Å². The van der Waals surface area contributed by atoms with Crippen LogP contribution in [0.5, 0.6) is 0 Å². The van der Waals surface area contributed by atoms with E-state index >= 15 is 0 Å². The molecule has 0 aliphatic heterocycles. The molecule has 6 nitrogen and oxygen atoms in total. The first-order valence-corrected chi connectivity index (χ1v) is 20.3. The lowest BCUT2D eigenvalue weighted by atomic mass is 9.94. The Morgan fingerprint density at radius 1 is 0.279 bits per heavy atom. The van der Waals surface area contributed by atoms with Gasteiger partial charge in [-0.2, -0.15) is 0 Å². The summed E-state index contributed by atoms with van der Waals surface area (Å²) in [6.45, 7) is 0. The molecule has 0 atom stereocenters. The van der Waals surface area contributed by atoms with Crippen molar-refractivity contribution in [3.8, 4) is 56.4 Å². The molecule has 284 valence electrons. The lowest BCUT2D eigenvalue weighted by molar-refractivity contribution is 0.668. The Kier molecular flexibility index (Phi) is 7.21. The highest BCUT2D eigenvalue weighted by molar-refractivity contribution is 6.21. The van der Waals surface area contributed by atoms with E-state index in [2.05, 4.69) is 127 Å². The van der Waals surface area contributed by atoms with E-state index in [1.165, 1.54) is 0 Å². The summed E-state index contributed by atoms with van der Waals surface area (Å²) in [6, 6.07) is 64.4. The molecule has 61 heavy (non-hydrogen) atoms. The van der Waals surface area contributed by atoms with Crippen LogP contribution < -0.4 is 0 Å². The Bertz CT molecular complexity index is 3880. The predicted octanol–water partition coefficient (Wildman–Crippen LogP) is 15.1. The Morgan fingerprint density at radius 2 is 0.852 bits per heavy atom. The Balaban J connectivity index is 1.06. The minimum Gasteiger partial charge on any atom is -0.456 e. The number of rotatable bonds is 5. The molecule has 4 heterocycles. The molecule has 13 aromatic rings. The Morgan fingerprint density at radius 3 is 1.69 bits per heavy atom. The molecular weight excluding hydrogens is 751 g/mol. The van der Waals surface area contributed by atoms with E-state index < -0.39 is 0 Å². The van der Waals surface area contributed by atoms with Crippen molar-refractivity contribution in [1.29, 1.82) is 0 Å². The number of furan rings is 3. The molecule has 0 bridgehead atoms. The van der Waals surface area contributed by atoms with Gasteiger partial charge in [-0.1, -0.05) is 140 Å². The van der Waals surface area contributed by atoms with Crippen LogP contribution in [-0.2, 0) is 0 Å². The fourth-order valence-corrected chi connectivity index (χ4v) is 9.07. The van der Waals surface area contributed by atoms with E-state index in [0.717, 1.165) is 116 Å². The fourth-order valence-electron chi connectivity index (χ4n) is 9.07. The van der Waals surface area contributed by atoms with Gasteiger partial charge in [-0.3, -0.25) is 0 Å². The standard InChI is InChI=1S/C55H31N3O3/c1-2-12-32(13-3-1)33-24-26-34(27-25-33)53-56-54(58-55(57-53)43-20-10-19-39-37-16-6-8-21-45(37)60-51(39)43)42-29-28-40(52-50(42)41-17-7-9-22-46(41)61-52)38-18-11-23-47-49(38)44-30-35-14-4-5-15-36(35)31-48(44)59-47/h1-31H. The van der Waals surface area contributed by atoms with Gasteiger partial charge in [0.05, 0.1) is 5.56 Å². The topological polar surface area (TPSA) is 78.1 Å². The number of nitrogens with zero attached hydrogens (tertiary/aromatic N) is 3. The molecule has 13 rings (SSSR count). The van der Waals surface area contributed by atoms with Crippen molar-refractivity contribution in [3.05, 3.63) is 188 Å². The number of hydrogen-bond donors (Lipinski definition) is 0. The number of aromatic nitrogens is 3. The number of para-hydroxylation sites is 3. The second kappa shape index (κ2) is 13.1. The molecule has 0 saturated carbocycles. The third kappa shape index (κ3) is 5.26. The van der Waals surface area contributed by atoms with Crippen LogP contribution in [-0.4, -0.2) is 15.0 Å². The zero-order valence-electron chi connectivity index (χ0n) is 32.5. The summed E-state index contributed by atoms with van der Waals surface area (Å²) < 4.78 is 19.9. The second-order valence-electron chi connectivity index (χ2n) is 15.5. The van der Waals surface area contributed by atoms with Gasteiger partial charge in [0.2, 0.25) is 0 Å². The quantitative estimate of drug-likeness (QED) is 0.173. The van der Waals surface area contributed by atoms with Gasteiger partial charge < -0.3 is 13.3 Å². The highest BCUT2D eigenvalue weighted by Crippen LogP contribution is 2.46. The number of fused-ring (bicyclic) bond motifs is 10. The van der Waals surface area contributed by atoms with E-state index in [1.54, 1.807) is 0 Å². The van der Waals surface area contributed by atoms with Crippen LogP contribution in [0.15, 0.2) is 201 Å². The largest absolute Gasteiger partial charge is 0.456 e. The third-order valence-electron chi connectivity index (χ3n) is 12.0. The van der Waals surface area contributed by atoms with Crippen molar-refractivity contribution in [1.82, 2.24) is 15.0 Å². The summed E-state index contributed by atoms with van der Waals surface area (Å²) in [5, 5.41) is 8.34. The molecule has 0 radical (unpaired) electrons. The first kappa shape index (κ1) is 33.6. The minimum atomic E-state index is 0.517. The maximum absolute atomic E-state index is 6.87. The smallest absolute Gasteiger partial charge is 0.167 e. The summed E-state index contributed by atoms with van der Waals surface area (Å²) in [5.41, 5.74) is 11.5. The molecule has 6 heteroatoms. The second-order valence-corrected chi connectivity index (χ2v) is 15.5. The highest BCUT2D eigenvalue weighted by atomic mass is 16.3. The molecule has 0 aliphatic rings. The van der Waals surface area contributed by atoms with Crippen LogP contribution in [0.1, 0.15) is 0 Å². The Labute approximate surface area is 348 Å². The number of hydrogen-bond acceptors (Lipinski definition) is 6. The molecular formula is C55H31N3O3. The average Bonchev–Trinajstić information content (AvgIpc) is 4.02. The van der Waals surface area contributed by atoms with Gasteiger partial charge in [-0.15, -0.1) is 0 Å².